The number of anilines is 1. The van der Waals surface area contributed by atoms with Gasteiger partial charge in [-0.3, -0.25) is 4.79 Å². The van der Waals surface area contributed by atoms with E-state index in [1.165, 1.54) is 0 Å². The largest absolute Gasteiger partial charge is 0.368 e. The standard InChI is InChI=1S/C16H19N3OS/c1-12-18-11-14(21-12)19-9-5-8-16(19,15(17)20)10-13-6-3-2-4-7-13/h2-4,6-7,11H,5,8-10H2,1H3,(H2,17,20). The quantitative estimate of drug-likeness (QED) is 0.944. The van der Waals surface area contributed by atoms with Gasteiger partial charge in [-0.15, -0.1) is 11.3 Å². The average Bonchev–Trinajstić information content (AvgIpc) is 3.07. The highest BCUT2D eigenvalue weighted by Crippen LogP contribution is 2.39. The summed E-state index contributed by atoms with van der Waals surface area (Å²) in [5.74, 6) is -0.241. The smallest absolute Gasteiger partial charge is 0.243 e. The first-order chi connectivity index (χ1) is 10.1. The maximum Gasteiger partial charge on any atom is 0.243 e. The molecular formula is C16H19N3OS. The summed E-state index contributed by atoms with van der Waals surface area (Å²) < 4.78 is 0. The second kappa shape index (κ2) is 5.48. The first kappa shape index (κ1) is 14.1. The number of amides is 1. The zero-order valence-electron chi connectivity index (χ0n) is 12.1. The fourth-order valence-corrected chi connectivity index (χ4v) is 4.03. The van der Waals surface area contributed by atoms with Crippen LogP contribution in [0, 0.1) is 6.92 Å². The normalized spacial score (nSPS) is 21.7. The SMILES string of the molecule is Cc1ncc(N2CCCC2(Cc2ccccc2)C(N)=O)s1. The molecule has 1 aliphatic heterocycles. The van der Waals surface area contributed by atoms with Gasteiger partial charge >= 0.3 is 0 Å². The van der Waals surface area contributed by atoms with Gasteiger partial charge in [-0.05, 0) is 25.3 Å². The minimum atomic E-state index is -0.625. The zero-order valence-corrected chi connectivity index (χ0v) is 12.9. The number of carbonyl (C=O) groups excluding carboxylic acids is 1. The Morgan fingerprint density at radius 2 is 2.19 bits per heavy atom. The Balaban J connectivity index is 1.97. The molecule has 1 atom stereocenters. The van der Waals surface area contributed by atoms with Gasteiger partial charge in [0.05, 0.1) is 11.2 Å². The number of aromatic nitrogens is 1. The van der Waals surface area contributed by atoms with Crippen molar-refractivity contribution in [1.29, 1.82) is 0 Å². The number of hydrogen-bond donors (Lipinski definition) is 1. The van der Waals surface area contributed by atoms with Gasteiger partial charge in [0.2, 0.25) is 5.91 Å². The number of nitrogens with zero attached hydrogens (tertiary/aromatic N) is 2. The summed E-state index contributed by atoms with van der Waals surface area (Å²) in [7, 11) is 0. The molecule has 2 heterocycles. The molecule has 2 aromatic rings. The number of rotatable bonds is 4. The second-order valence-corrected chi connectivity index (χ2v) is 6.74. The van der Waals surface area contributed by atoms with E-state index in [0.29, 0.717) is 6.42 Å². The van der Waals surface area contributed by atoms with Crippen molar-refractivity contribution < 1.29 is 4.79 Å². The minimum Gasteiger partial charge on any atom is -0.368 e. The lowest BCUT2D eigenvalue weighted by Gasteiger charge is -2.36. The Morgan fingerprint density at radius 3 is 2.81 bits per heavy atom. The summed E-state index contributed by atoms with van der Waals surface area (Å²) in [6.45, 7) is 2.84. The molecule has 1 saturated heterocycles. The molecular weight excluding hydrogens is 282 g/mol. The summed E-state index contributed by atoms with van der Waals surface area (Å²) >= 11 is 1.62. The van der Waals surface area contributed by atoms with Crippen LogP contribution in [0.2, 0.25) is 0 Å². The van der Waals surface area contributed by atoms with Crippen LogP contribution in [0.1, 0.15) is 23.4 Å². The maximum absolute atomic E-state index is 12.3. The molecule has 21 heavy (non-hydrogen) atoms. The molecule has 0 aliphatic carbocycles. The Labute approximate surface area is 128 Å². The first-order valence-corrected chi connectivity index (χ1v) is 7.97. The van der Waals surface area contributed by atoms with Gasteiger partial charge in [0, 0.05) is 13.0 Å². The highest BCUT2D eigenvalue weighted by molar-refractivity contribution is 7.15. The summed E-state index contributed by atoms with van der Waals surface area (Å²) in [5, 5.41) is 2.05. The Kier molecular flexibility index (Phi) is 3.68. The van der Waals surface area contributed by atoms with Gasteiger partial charge in [-0.25, -0.2) is 4.98 Å². The molecule has 4 nitrogen and oxygen atoms in total. The van der Waals surface area contributed by atoms with Crippen LogP contribution >= 0.6 is 11.3 Å². The molecule has 3 rings (SSSR count). The van der Waals surface area contributed by atoms with Gasteiger partial charge in [0.25, 0.3) is 0 Å². The minimum absolute atomic E-state index is 0.241. The van der Waals surface area contributed by atoms with Crippen LogP contribution < -0.4 is 10.6 Å². The molecule has 1 aromatic carbocycles. The van der Waals surface area contributed by atoms with Gasteiger partial charge in [0.1, 0.15) is 10.5 Å². The second-order valence-electron chi connectivity index (χ2n) is 5.53. The van der Waals surface area contributed by atoms with Crippen molar-refractivity contribution in [2.75, 3.05) is 11.4 Å². The van der Waals surface area contributed by atoms with E-state index in [2.05, 4.69) is 22.0 Å². The van der Waals surface area contributed by atoms with Crippen LogP contribution in [-0.2, 0) is 11.2 Å². The molecule has 1 unspecified atom stereocenters. The zero-order chi connectivity index (χ0) is 14.9. The third-order valence-corrected chi connectivity index (χ3v) is 5.10. The highest BCUT2D eigenvalue weighted by Gasteiger charge is 2.46. The predicted molar refractivity (Wildman–Crippen MR) is 85.5 cm³/mol. The summed E-state index contributed by atoms with van der Waals surface area (Å²) in [5.41, 5.74) is 6.34. The summed E-state index contributed by atoms with van der Waals surface area (Å²) in [4.78, 5) is 18.8. The molecule has 2 N–H and O–H groups in total. The first-order valence-electron chi connectivity index (χ1n) is 7.16. The van der Waals surface area contributed by atoms with Crippen LogP contribution in [0.3, 0.4) is 0 Å². The fourth-order valence-electron chi connectivity index (χ4n) is 3.14. The predicted octanol–water partition coefficient (Wildman–Crippen LogP) is 2.52. The van der Waals surface area contributed by atoms with E-state index in [1.807, 2.05) is 31.3 Å². The van der Waals surface area contributed by atoms with Crippen molar-refractivity contribution in [2.24, 2.45) is 5.73 Å². The lowest BCUT2D eigenvalue weighted by atomic mass is 9.87. The molecule has 0 bridgehead atoms. The number of hydrogen-bond acceptors (Lipinski definition) is 4. The molecule has 0 radical (unpaired) electrons. The fraction of sp³-hybridized carbons (Fsp3) is 0.375. The van der Waals surface area contributed by atoms with Crippen molar-refractivity contribution in [3.05, 3.63) is 47.1 Å². The lowest BCUT2D eigenvalue weighted by Crippen LogP contribution is -2.55. The molecule has 0 saturated carbocycles. The van der Waals surface area contributed by atoms with Crippen molar-refractivity contribution in [3.8, 4) is 0 Å². The Morgan fingerprint density at radius 1 is 1.43 bits per heavy atom. The number of carbonyl (C=O) groups is 1. The number of primary amides is 1. The number of benzene rings is 1. The topological polar surface area (TPSA) is 59.2 Å². The number of aryl methyl sites for hydroxylation is 1. The van der Waals surface area contributed by atoms with E-state index in [9.17, 15) is 4.79 Å². The molecule has 1 aliphatic rings. The van der Waals surface area contributed by atoms with E-state index in [-0.39, 0.29) is 5.91 Å². The van der Waals surface area contributed by atoms with E-state index >= 15 is 0 Å². The average molecular weight is 301 g/mol. The van der Waals surface area contributed by atoms with Crippen LogP contribution in [0.25, 0.3) is 0 Å². The third kappa shape index (κ3) is 2.53. The molecule has 0 spiro atoms. The monoisotopic (exact) mass is 301 g/mol. The van der Waals surface area contributed by atoms with E-state index in [4.69, 9.17) is 5.73 Å². The van der Waals surface area contributed by atoms with Crippen LogP contribution in [0.4, 0.5) is 5.00 Å². The Bertz CT molecular complexity index is 640. The van der Waals surface area contributed by atoms with E-state index in [0.717, 1.165) is 35.0 Å². The number of nitrogens with two attached hydrogens (primary N) is 1. The van der Waals surface area contributed by atoms with Gasteiger partial charge in [0.15, 0.2) is 0 Å². The Hall–Kier alpha value is -1.88. The van der Waals surface area contributed by atoms with E-state index < -0.39 is 5.54 Å². The number of thiazole rings is 1. The lowest BCUT2D eigenvalue weighted by molar-refractivity contribution is -0.122. The van der Waals surface area contributed by atoms with Crippen LogP contribution in [0.15, 0.2) is 36.5 Å². The van der Waals surface area contributed by atoms with Crippen LogP contribution in [0.5, 0.6) is 0 Å². The molecule has 1 amide bonds. The molecule has 5 heteroatoms. The van der Waals surface area contributed by atoms with Crippen molar-refractivity contribution in [3.63, 3.8) is 0 Å². The van der Waals surface area contributed by atoms with Crippen molar-refractivity contribution in [1.82, 2.24) is 4.98 Å². The van der Waals surface area contributed by atoms with Gasteiger partial charge < -0.3 is 10.6 Å². The maximum atomic E-state index is 12.3. The van der Waals surface area contributed by atoms with Gasteiger partial charge in [-0.2, -0.15) is 0 Å². The molecule has 1 fully saturated rings. The van der Waals surface area contributed by atoms with Crippen molar-refractivity contribution >= 4 is 22.2 Å². The molecule has 110 valence electrons. The summed E-state index contributed by atoms with van der Waals surface area (Å²) in [6, 6.07) is 10.1. The third-order valence-electron chi connectivity index (χ3n) is 4.16. The van der Waals surface area contributed by atoms with Crippen LogP contribution in [-0.4, -0.2) is 23.0 Å². The molecule has 1 aromatic heterocycles. The van der Waals surface area contributed by atoms with Gasteiger partial charge in [-0.1, -0.05) is 30.3 Å². The summed E-state index contributed by atoms with van der Waals surface area (Å²) in [6.07, 6.45) is 4.29. The highest BCUT2D eigenvalue weighted by atomic mass is 32.1. The van der Waals surface area contributed by atoms with E-state index in [1.54, 1.807) is 11.3 Å². The van der Waals surface area contributed by atoms with Crippen molar-refractivity contribution in [2.45, 2.75) is 31.7 Å².